The average Bonchev–Trinajstić information content (AvgIpc) is 3.12. The maximum Gasteiger partial charge on any atom is 0.243 e. The zero-order valence-corrected chi connectivity index (χ0v) is 14.7. The summed E-state index contributed by atoms with van der Waals surface area (Å²) >= 11 is 0. The van der Waals surface area contributed by atoms with E-state index in [2.05, 4.69) is 35.8 Å². The SMILES string of the molecule is CC(C)c1noc([C@@H](C)N2CCC([C@H](O)c3ccccc3)CC2)n1. The fourth-order valence-corrected chi connectivity index (χ4v) is 3.35. The van der Waals surface area contributed by atoms with E-state index in [4.69, 9.17) is 4.52 Å². The number of benzene rings is 1. The molecule has 1 aromatic carbocycles. The largest absolute Gasteiger partial charge is 0.388 e. The van der Waals surface area contributed by atoms with Crippen molar-refractivity contribution in [2.75, 3.05) is 13.1 Å². The van der Waals surface area contributed by atoms with Crippen LogP contribution in [0.4, 0.5) is 0 Å². The van der Waals surface area contributed by atoms with E-state index >= 15 is 0 Å². The average molecular weight is 329 g/mol. The minimum absolute atomic E-state index is 0.125. The molecule has 0 unspecified atom stereocenters. The third kappa shape index (κ3) is 3.68. The second-order valence-corrected chi connectivity index (χ2v) is 7.05. The molecular formula is C19H27N3O2. The number of piperidine rings is 1. The van der Waals surface area contributed by atoms with Crippen molar-refractivity contribution >= 4 is 0 Å². The quantitative estimate of drug-likeness (QED) is 0.906. The third-order valence-electron chi connectivity index (χ3n) is 5.04. The van der Waals surface area contributed by atoms with Crippen LogP contribution in [0.5, 0.6) is 0 Å². The molecule has 0 amide bonds. The van der Waals surface area contributed by atoms with E-state index in [0.29, 0.717) is 11.8 Å². The van der Waals surface area contributed by atoms with Gasteiger partial charge in [0.2, 0.25) is 5.89 Å². The molecule has 2 heterocycles. The van der Waals surface area contributed by atoms with Crippen molar-refractivity contribution in [1.82, 2.24) is 15.0 Å². The first-order chi connectivity index (χ1) is 11.6. The van der Waals surface area contributed by atoms with Crippen LogP contribution in [0.15, 0.2) is 34.9 Å². The summed E-state index contributed by atoms with van der Waals surface area (Å²) < 4.78 is 5.43. The summed E-state index contributed by atoms with van der Waals surface area (Å²) in [5.74, 6) is 2.05. The summed E-state index contributed by atoms with van der Waals surface area (Å²) in [6.45, 7) is 8.13. The van der Waals surface area contributed by atoms with Gasteiger partial charge in [0.15, 0.2) is 5.82 Å². The van der Waals surface area contributed by atoms with Crippen LogP contribution in [0.1, 0.15) is 69.0 Å². The van der Waals surface area contributed by atoms with Crippen molar-refractivity contribution in [2.24, 2.45) is 5.92 Å². The van der Waals surface area contributed by atoms with Gasteiger partial charge in [-0.2, -0.15) is 4.98 Å². The lowest BCUT2D eigenvalue weighted by atomic mass is 9.87. The molecule has 130 valence electrons. The highest BCUT2D eigenvalue weighted by molar-refractivity contribution is 5.18. The highest BCUT2D eigenvalue weighted by atomic mass is 16.5. The smallest absolute Gasteiger partial charge is 0.243 e. The molecule has 24 heavy (non-hydrogen) atoms. The molecule has 2 atom stereocenters. The Balaban J connectivity index is 1.58. The number of nitrogens with zero attached hydrogens (tertiary/aromatic N) is 3. The van der Waals surface area contributed by atoms with E-state index in [1.165, 1.54) is 0 Å². The van der Waals surface area contributed by atoms with Crippen LogP contribution in [-0.2, 0) is 0 Å². The monoisotopic (exact) mass is 329 g/mol. The molecule has 5 heteroatoms. The molecule has 3 rings (SSSR count). The van der Waals surface area contributed by atoms with Crippen LogP contribution < -0.4 is 0 Å². The topological polar surface area (TPSA) is 62.4 Å². The molecule has 0 aliphatic carbocycles. The predicted octanol–water partition coefficient (Wildman–Crippen LogP) is 3.70. The molecule has 1 aliphatic rings. The van der Waals surface area contributed by atoms with Crippen LogP contribution in [-0.4, -0.2) is 33.2 Å². The summed E-state index contributed by atoms with van der Waals surface area (Å²) in [5, 5.41) is 14.7. The molecular weight excluding hydrogens is 302 g/mol. The van der Waals surface area contributed by atoms with E-state index in [-0.39, 0.29) is 18.1 Å². The van der Waals surface area contributed by atoms with Gasteiger partial charge in [-0.3, -0.25) is 4.90 Å². The number of rotatable bonds is 5. The van der Waals surface area contributed by atoms with Crippen LogP contribution in [0.3, 0.4) is 0 Å². The van der Waals surface area contributed by atoms with Gasteiger partial charge in [-0.1, -0.05) is 49.3 Å². The van der Waals surface area contributed by atoms with Crippen LogP contribution >= 0.6 is 0 Å². The summed E-state index contributed by atoms with van der Waals surface area (Å²) in [7, 11) is 0. The Hall–Kier alpha value is -1.72. The number of hydrogen-bond acceptors (Lipinski definition) is 5. The molecule has 1 fully saturated rings. The second kappa shape index (κ2) is 7.45. The van der Waals surface area contributed by atoms with E-state index in [1.807, 2.05) is 30.3 Å². The van der Waals surface area contributed by atoms with Crippen molar-refractivity contribution in [2.45, 2.75) is 51.7 Å². The van der Waals surface area contributed by atoms with Gasteiger partial charge in [-0.15, -0.1) is 0 Å². The number of likely N-dealkylation sites (tertiary alicyclic amines) is 1. The molecule has 0 saturated carbocycles. The standard InChI is InChI=1S/C19H27N3O2/c1-13(2)18-20-19(24-21-18)14(3)22-11-9-16(10-12-22)17(23)15-7-5-4-6-8-15/h4-8,13-14,16-17,23H,9-12H2,1-3H3/t14-,17-/m1/s1. The minimum Gasteiger partial charge on any atom is -0.388 e. The van der Waals surface area contributed by atoms with E-state index < -0.39 is 0 Å². The Bertz CT molecular complexity index is 633. The van der Waals surface area contributed by atoms with E-state index in [1.54, 1.807) is 0 Å². The predicted molar refractivity (Wildman–Crippen MR) is 92.5 cm³/mol. The van der Waals surface area contributed by atoms with Crippen molar-refractivity contribution in [3.05, 3.63) is 47.6 Å². The fraction of sp³-hybridized carbons (Fsp3) is 0.579. The Labute approximate surface area is 143 Å². The number of aliphatic hydroxyl groups excluding tert-OH is 1. The van der Waals surface area contributed by atoms with Crippen LogP contribution in [0.25, 0.3) is 0 Å². The van der Waals surface area contributed by atoms with Gasteiger partial charge in [-0.05, 0) is 44.3 Å². The molecule has 2 aromatic rings. The van der Waals surface area contributed by atoms with Gasteiger partial charge in [0, 0.05) is 5.92 Å². The normalized spacial score (nSPS) is 19.5. The lowest BCUT2D eigenvalue weighted by Crippen LogP contribution is -2.37. The maximum atomic E-state index is 10.6. The zero-order valence-electron chi connectivity index (χ0n) is 14.7. The van der Waals surface area contributed by atoms with E-state index in [9.17, 15) is 5.11 Å². The third-order valence-corrected chi connectivity index (χ3v) is 5.04. The summed E-state index contributed by atoms with van der Waals surface area (Å²) in [6.07, 6.45) is 1.58. The minimum atomic E-state index is -0.375. The Morgan fingerprint density at radius 3 is 2.38 bits per heavy atom. The van der Waals surface area contributed by atoms with Gasteiger partial charge < -0.3 is 9.63 Å². The highest BCUT2D eigenvalue weighted by Crippen LogP contribution is 2.33. The molecule has 1 saturated heterocycles. The number of aliphatic hydroxyl groups is 1. The summed E-state index contributed by atoms with van der Waals surface area (Å²) in [5.41, 5.74) is 1.02. The first kappa shape index (κ1) is 17.1. The Morgan fingerprint density at radius 2 is 1.79 bits per heavy atom. The molecule has 0 bridgehead atoms. The van der Waals surface area contributed by atoms with Crippen LogP contribution in [0.2, 0.25) is 0 Å². The van der Waals surface area contributed by atoms with Gasteiger partial charge >= 0.3 is 0 Å². The van der Waals surface area contributed by atoms with Gasteiger partial charge in [-0.25, -0.2) is 0 Å². The van der Waals surface area contributed by atoms with Crippen LogP contribution in [0, 0.1) is 5.92 Å². The first-order valence-electron chi connectivity index (χ1n) is 8.86. The van der Waals surface area contributed by atoms with Gasteiger partial charge in [0.1, 0.15) is 0 Å². The molecule has 1 aromatic heterocycles. The molecule has 0 radical (unpaired) electrons. The lowest BCUT2D eigenvalue weighted by Gasteiger charge is -2.36. The molecule has 1 N–H and O–H groups in total. The van der Waals surface area contributed by atoms with Crippen molar-refractivity contribution in [3.8, 4) is 0 Å². The Kier molecular flexibility index (Phi) is 5.31. The van der Waals surface area contributed by atoms with Gasteiger partial charge in [0.05, 0.1) is 12.1 Å². The molecule has 5 nitrogen and oxygen atoms in total. The summed E-state index contributed by atoms with van der Waals surface area (Å²) in [6, 6.07) is 10.1. The Morgan fingerprint density at radius 1 is 1.12 bits per heavy atom. The lowest BCUT2D eigenvalue weighted by molar-refractivity contribution is 0.0420. The zero-order chi connectivity index (χ0) is 17.1. The summed E-state index contributed by atoms with van der Waals surface area (Å²) in [4.78, 5) is 6.88. The van der Waals surface area contributed by atoms with Crippen molar-refractivity contribution in [3.63, 3.8) is 0 Å². The first-order valence-corrected chi connectivity index (χ1v) is 8.86. The molecule has 0 spiro atoms. The van der Waals surface area contributed by atoms with Gasteiger partial charge in [0.25, 0.3) is 0 Å². The highest BCUT2D eigenvalue weighted by Gasteiger charge is 2.30. The fourth-order valence-electron chi connectivity index (χ4n) is 3.35. The van der Waals surface area contributed by atoms with E-state index in [0.717, 1.165) is 37.3 Å². The number of hydrogen-bond donors (Lipinski definition) is 1. The maximum absolute atomic E-state index is 10.6. The second-order valence-electron chi connectivity index (χ2n) is 7.05. The van der Waals surface area contributed by atoms with Crippen molar-refractivity contribution in [1.29, 1.82) is 0 Å². The number of aromatic nitrogens is 2. The van der Waals surface area contributed by atoms with Crippen molar-refractivity contribution < 1.29 is 9.63 Å². The molecule has 1 aliphatic heterocycles.